The topological polar surface area (TPSA) is 28.2 Å². The van der Waals surface area contributed by atoms with Crippen molar-refractivity contribution in [1.82, 2.24) is 10.3 Å². The van der Waals surface area contributed by atoms with Gasteiger partial charge in [0.2, 0.25) is 0 Å². The Morgan fingerprint density at radius 2 is 2.41 bits per heavy atom. The number of rotatable bonds is 4. The highest BCUT2D eigenvalue weighted by Crippen LogP contribution is 2.26. The summed E-state index contributed by atoms with van der Waals surface area (Å²) in [7, 11) is 1.95. The van der Waals surface area contributed by atoms with Gasteiger partial charge < -0.3 is 10.2 Å². The van der Waals surface area contributed by atoms with Gasteiger partial charge in [-0.2, -0.15) is 0 Å². The summed E-state index contributed by atoms with van der Waals surface area (Å²) in [6, 6.07) is 3.55. The van der Waals surface area contributed by atoms with Gasteiger partial charge >= 0.3 is 0 Å². The molecule has 0 amide bonds. The van der Waals surface area contributed by atoms with Crippen molar-refractivity contribution in [3.05, 3.63) is 24.1 Å². The van der Waals surface area contributed by atoms with E-state index in [0.717, 1.165) is 32.4 Å². The first-order chi connectivity index (χ1) is 8.33. The monoisotopic (exact) mass is 237 g/mol. The van der Waals surface area contributed by atoms with E-state index >= 15 is 0 Å². The van der Waals surface area contributed by atoms with Crippen LogP contribution < -0.4 is 10.2 Å². The average Bonchev–Trinajstić information content (AvgIpc) is 2.37. The van der Waals surface area contributed by atoms with E-state index in [1.165, 1.54) is 12.5 Å². The van der Waals surface area contributed by atoms with E-state index in [2.05, 4.69) is 15.2 Å². The highest BCUT2D eigenvalue weighted by atomic mass is 19.1. The first-order valence-electron chi connectivity index (χ1n) is 6.34. The van der Waals surface area contributed by atoms with Crippen LogP contribution in [0.4, 0.5) is 10.2 Å². The maximum Gasteiger partial charge on any atom is 0.165 e. The van der Waals surface area contributed by atoms with E-state index in [0.29, 0.717) is 11.9 Å². The third-order valence-electron chi connectivity index (χ3n) is 3.37. The summed E-state index contributed by atoms with van der Waals surface area (Å²) < 4.78 is 13.7. The van der Waals surface area contributed by atoms with Gasteiger partial charge in [0.25, 0.3) is 0 Å². The van der Waals surface area contributed by atoms with Crippen molar-refractivity contribution in [2.24, 2.45) is 0 Å². The molecule has 1 aliphatic rings. The van der Waals surface area contributed by atoms with Crippen LogP contribution in [0.2, 0.25) is 0 Å². The lowest BCUT2D eigenvalue weighted by molar-refractivity contribution is 0.424. The molecule has 4 heteroatoms. The maximum atomic E-state index is 13.7. The van der Waals surface area contributed by atoms with Crippen LogP contribution in [0.15, 0.2) is 18.3 Å². The number of hydrogen-bond donors (Lipinski definition) is 1. The van der Waals surface area contributed by atoms with Crippen LogP contribution in [-0.4, -0.2) is 31.2 Å². The predicted molar refractivity (Wildman–Crippen MR) is 67.7 cm³/mol. The summed E-state index contributed by atoms with van der Waals surface area (Å²) in [6.45, 7) is 1.89. The second-order valence-corrected chi connectivity index (χ2v) is 4.54. The van der Waals surface area contributed by atoms with Gasteiger partial charge in [-0.05, 0) is 51.4 Å². The Morgan fingerprint density at radius 3 is 3.18 bits per heavy atom. The van der Waals surface area contributed by atoms with Crippen molar-refractivity contribution in [2.45, 2.75) is 31.7 Å². The summed E-state index contributed by atoms with van der Waals surface area (Å²) in [5, 5.41) is 3.16. The SMILES string of the molecule is CNCCC1CCCCN1c1ncccc1F. The molecule has 1 aliphatic heterocycles. The zero-order valence-electron chi connectivity index (χ0n) is 10.3. The van der Waals surface area contributed by atoms with Gasteiger partial charge in [0.05, 0.1) is 0 Å². The number of aromatic nitrogens is 1. The van der Waals surface area contributed by atoms with E-state index in [1.807, 2.05) is 7.05 Å². The zero-order chi connectivity index (χ0) is 12.1. The summed E-state index contributed by atoms with van der Waals surface area (Å²) in [4.78, 5) is 6.33. The molecule has 0 aromatic carbocycles. The van der Waals surface area contributed by atoms with Crippen LogP contribution >= 0.6 is 0 Å². The van der Waals surface area contributed by atoms with E-state index < -0.39 is 0 Å². The lowest BCUT2D eigenvalue weighted by atomic mass is 9.99. The molecule has 0 radical (unpaired) electrons. The largest absolute Gasteiger partial charge is 0.351 e. The Bertz CT molecular complexity index is 356. The molecule has 1 aromatic rings. The van der Waals surface area contributed by atoms with Gasteiger partial charge in [-0.25, -0.2) is 9.37 Å². The summed E-state index contributed by atoms with van der Waals surface area (Å²) >= 11 is 0. The quantitative estimate of drug-likeness (QED) is 0.870. The average molecular weight is 237 g/mol. The molecule has 1 saturated heterocycles. The molecule has 0 saturated carbocycles. The van der Waals surface area contributed by atoms with Gasteiger partial charge in [0.1, 0.15) is 0 Å². The van der Waals surface area contributed by atoms with Crippen LogP contribution in [0.5, 0.6) is 0 Å². The second-order valence-electron chi connectivity index (χ2n) is 4.54. The lowest BCUT2D eigenvalue weighted by Crippen LogP contribution is -2.42. The van der Waals surface area contributed by atoms with Crippen LogP contribution in [0, 0.1) is 5.82 Å². The molecule has 2 heterocycles. The van der Waals surface area contributed by atoms with Crippen molar-refractivity contribution in [3.8, 4) is 0 Å². The minimum atomic E-state index is -0.205. The van der Waals surface area contributed by atoms with E-state index in [1.54, 1.807) is 12.3 Å². The molecule has 1 aromatic heterocycles. The van der Waals surface area contributed by atoms with Gasteiger partial charge in [0, 0.05) is 18.8 Å². The number of halogens is 1. The van der Waals surface area contributed by atoms with Crippen LogP contribution in [0.1, 0.15) is 25.7 Å². The fourth-order valence-corrected chi connectivity index (χ4v) is 2.48. The summed E-state index contributed by atoms with van der Waals surface area (Å²) in [5.41, 5.74) is 0. The molecule has 3 nitrogen and oxygen atoms in total. The fraction of sp³-hybridized carbons (Fsp3) is 0.615. The minimum absolute atomic E-state index is 0.205. The molecule has 1 atom stereocenters. The first-order valence-corrected chi connectivity index (χ1v) is 6.34. The Balaban J connectivity index is 2.13. The number of piperidine rings is 1. The lowest BCUT2D eigenvalue weighted by Gasteiger charge is -2.36. The number of nitrogens with one attached hydrogen (secondary N) is 1. The van der Waals surface area contributed by atoms with Crippen LogP contribution in [0.25, 0.3) is 0 Å². The van der Waals surface area contributed by atoms with Crippen LogP contribution in [-0.2, 0) is 0 Å². The first kappa shape index (κ1) is 12.3. The van der Waals surface area contributed by atoms with Gasteiger partial charge in [0.15, 0.2) is 11.6 Å². The summed E-state index contributed by atoms with van der Waals surface area (Å²) in [6.07, 6.45) is 6.22. The van der Waals surface area contributed by atoms with Crippen molar-refractivity contribution < 1.29 is 4.39 Å². The van der Waals surface area contributed by atoms with Crippen molar-refractivity contribution in [3.63, 3.8) is 0 Å². The molecule has 1 fully saturated rings. The predicted octanol–water partition coefficient (Wildman–Crippen LogP) is 2.19. The van der Waals surface area contributed by atoms with Gasteiger partial charge in [-0.15, -0.1) is 0 Å². The molecular weight excluding hydrogens is 217 g/mol. The molecule has 1 N–H and O–H groups in total. The number of pyridine rings is 1. The maximum absolute atomic E-state index is 13.7. The van der Waals surface area contributed by atoms with Crippen LogP contribution in [0.3, 0.4) is 0 Å². The van der Waals surface area contributed by atoms with E-state index in [-0.39, 0.29) is 5.82 Å². The number of hydrogen-bond acceptors (Lipinski definition) is 3. The number of anilines is 1. The van der Waals surface area contributed by atoms with Gasteiger partial charge in [-0.1, -0.05) is 0 Å². The molecule has 17 heavy (non-hydrogen) atoms. The molecular formula is C13H20FN3. The molecule has 0 bridgehead atoms. The van der Waals surface area contributed by atoms with Crippen molar-refractivity contribution in [1.29, 1.82) is 0 Å². The summed E-state index contributed by atoms with van der Waals surface area (Å²) in [5.74, 6) is 0.317. The molecule has 0 spiro atoms. The Hall–Kier alpha value is -1.16. The smallest absolute Gasteiger partial charge is 0.165 e. The Labute approximate surface area is 102 Å². The highest BCUT2D eigenvalue weighted by molar-refractivity contribution is 5.41. The Kier molecular flexibility index (Phi) is 4.31. The second kappa shape index (κ2) is 5.96. The third kappa shape index (κ3) is 2.94. The molecule has 1 unspecified atom stereocenters. The van der Waals surface area contributed by atoms with E-state index in [9.17, 15) is 4.39 Å². The fourth-order valence-electron chi connectivity index (χ4n) is 2.48. The number of nitrogens with zero attached hydrogens (tertiary/aromatic N) is 2. The molecule has 0 aliphatic carbocycles. The molecule has 2 rings (SSSR count). The highest BCUT2D eigenvalue weighted by Gasteiger charge is 2.24. The zero-order valence-corrected chi connectivity index (χ0v) is 10.3. The van der Waals surface area contributed by atoms with Gasteiger partial charge in [-0.3, -0.25) is 0 Å². The normalized spacial score (nSPS) is 20.6. The standard InChI is InChI=1S/C13H20FN3/c1-15-9-7-11-5-2-3-10-17(11)13-12(14)6-4-8-16-13/h4,6,8,11,15H,2-3,5,7,9-10H2,1H3. The van der Waals surface area contributed by atoms with E-state index in [4.69, 9.17) is 0 Å². The third-order valence-corrected chi connectivity index (χ3v) is 3.37. The minimum Gasteiger partial charge on any atom is -0.351 e. The Morgan fingerprint density at radius 1 is 1.53 bits per heavy atom. The molecule has 94 valence electrons. The van der Waals surface area contributed by atoms with Crippen molar-refractivity contribution >= 4 is 5.82 Å². The van der Waals surface area contributed by atoms with Crippen molar-refractivity contribution in [2.75, 3.05) is 25.0 Å².